The Kier molecular flexibility index (Phi) is 7.74. The van der Waals surface area contributed by atoms with Crippen molar-refractivity contribution in [1.29, 1.82) is 0 Å². The molecule has 0 fully saturated rings. The highest BCUT2D eigenvalue weighted by Crippen LogP contribution is 2.30. The average Bonchev–Trinajstić information content (AvgIpc) is 3.26. The second-order valence-corrected chi connectivity index (χ2v) is 8.07. The summed E-state index contributed by atoms with van der Waals surface area (Å²) < 4.78 is 34.1. The first-order valence-electron chi connectivity index (χ1n) is 11.1. The van der Waals surface area contributed by atoms with Crippen LogP contribution in [0.4, 0.5) is 8.78 Å². The van der Waals surface area contributed by atoms with Gasteiger partial charge in [-0.05, 0) is 35.9 Å². The van der Waals surface area contributed by atoms with E-state index in [1.165, 1.54) is 31.4 Å². The fraction of sp³-hybridized carbons (Fsp3) is 0.222. The van der Waals surface area contributed by atoms with Gasteiger partial charge in [-0.1, -0.05) is 36.4 Å². The number of halogens is 2. The van der Waals surface area contributed by atoms with Gasteiger partial charge in [0.1, 0.15) is 17.6 Å². The first-order chi connectivity index (χ1) is 17.0. The highest BCUT2D eigenvalue weighted by molar-refractivity contribution is 6.21. The molecule has 0 aliphatic carbocycles. The molecule has 2 heterocycles. The van der Waals surface area contributed by atoms with Crippen molar-refractivity contribution in [2.24, 2.45) is 4.99 Å². The molecular formula is C27H25F2N3O3. The van der Waals surface area contributed by atoms with E-state index in [-0.39, 0.29) is 24.4 Å². The number of hydrogen-bond acceptors (Lipinski definition) is 5. The van der Waals surface area contributed by atoms with Crippen LogP contribution in [-0.2, 0) is 11.2 Å². The third-order valence-electron chi connectivity index (χ3n) is 5.89. The molecule has 0 spiro atoms. The third-order valence-corrected chi connectivity index (χ3v) is 5.89. The SMILES string of the molecule is CO[C@H](CO)[C@@H](Cc1ccccn1)NC(=O)c1ccccc1C1=NCC(c2ccc(F)cc2)=C1F. The molecule has 0 bridgehead atoms. The molecule has 2 N–H and O–H groups in total. The molecule has 0 radical (unpaired) electrons. The predicted octanol–water partition coefficient (Wildman–Crippen LogP) is 3.75. The van der Waals surface area contributed by atoms with Gasteiger partial charge in [-0.2, -0.15) is 0 Å². The minimum atomic E-state index is -0.668. The molecular weight excluding hydrogens is 452 g/mol. The van der Waals surface area contributed by atoms with Crippen LogP contribution in [0.15, 0.2) is 83.7 Å². The van der Waals surface area contributed by atoms with Crippen LogP contribution in [0.2, 0.25) is 0 Å². The summed E-state index contributed by atoms with van der Waals surface area (Å²) in [6, 6.07) is 17.0. The van der Waals surface area contributed by atoms with Gasteiger partial charge < -0.3 is 15.2 Å². The van der Waals surface area contributed by atoms with Crippen molar-refractivity contribution in [3.8, 4) is 0 Å². The van der Waals surface area contributed by atoms with Crippen molar-refractivity contribution in [3.63, 3.8) is 0 Å². The third kappa shape index (κ3) is 5.50. The molecule has 0 saturated heterocycles. The van der Waals surface area contributed by atoms with E-state index in [0.29, 0.717) is 23.1 Å². The number of amides is 1. The lowest BCUT2D eigenvalue weighted by molar-refractivity contribution is 0.0214. The number of nitrogens with one attached hydrogen (secondary N) is 1. The zero-order valence-corrected chi connectivity index (χ0v) is 19.1. The van der Waals surface area contributed by atoms with E-state index in [0.717, 1.165) is 5.69 Å². The van der Waals surface area contributed by atoms with E-state index < -0.39 is 29.7 Å². The standard InChI is InChI=1S/C27H25F2N3O3/c1-35-24(16-33)23(14-19-6-4-5-13-30-19)32-27(34)21-8-3-2-7-20(21)26-25(29)22(15-31-26)17-9-11-18(28)12-10-17/h2-13,23-24,33H,14-16H2,1H3,(H,32,34)/t23-,24-/m1/s1. The van der Waals surface area contributed by atoms with E-state index in [2.05, 4.69) is 15.3 Å². The lowest BCUT2D eigenvalue weighted by Gasteiger charge is -2.26. The molecule has 4 rings (SSSR count). The van der Waals surface area contributed by atoms with Gasteiger partial charge in [0.2, 0.25) is 0 Å². The number of ether oxygens (including phenoxy) is 1. The largest absolute Gasteiger partial charge is 0.394 e. The van der Waals surface area contributed by atoms with Crippen LogP contribution >= 0.6 is 0 Å². The molecule has 0 saturated carbocycles. The van der Waals surface area contributed by atoms with Gasteiger partial charge in [-0.3, -0.25) is 14.8 Å². The topological polar surface area (TPSA) is 83.8 Å². The minimum Gasteiger partial charge on any atom is -0.394 e. The Morgan fingerprint density at radius 1 is 1.09 bits per heavy atom. The molecule has 35 heavy (non-hydrogen) atoms. The number of pyridine rings is 1. The zero-order valence-electron chi connectivity index (χ0n) is 19.1. The number of aliphatic hydroxyl groups is 1. The Labute approximate surface area is 202 Å². The van der Waals surface area contributed by atoms with Crippen molar-refractivity contribution in [2.75, 3.05) is 20.3 Å². The maximum Gasteiger partial charge on any atom is 0.252 e. The Bertz CT molecular complexity index is 1240. The van der Waals surface area contributed by atoms with Gasteiger partial charge in [-0.25, -0.2) is 8.78 Å². The van der Waals surface area contributed by atoms with E-state index in [1.807, 2.05) is 12.1 Å². The molecule has 2 aromatic carbocycles. The van der Waals surface area contributed by atoms with Crippen molar-refractivity contribution in [3.05, 3.63) is 107 Å². The normalized spacial score (nSPS) is 15.0. The number of aliphatic hydroxyl groups excluding tert-OH is 1. The van der Waals surface area contributed by atoms with E-state index in [4.69, 9.17) is 4.74 Å². The average molecular weight is 478 g/mol. The molecule has 3 aromatic rings. The molecule has 2 atom stereocenters. The number of aliphatic imine (C=N–C) groups is 1. The number of aromatic nitrogens is 1. The maximum atomic E-state index is 15.4. The number of benzene rings is 2. The molecule has 1 aliphatic rings. The molecule has 180 valence electrons. The lowest BCUT2D eigenvalue weighted by Crippen LogP contribution is -2.47. The summed E-state index contributed by atoms with van der Waals surface area (Å²) >= 11 is 0. The number of methoxy groups -OCH3 is 1. The van der Waals surface area contributed by atoms with E-state index in [9.17, 15) is 14.3 Å². The van der Waals surface area contributed by atoms with E-state index >= 15 is 4.39 Å². The van der Waals surface area contributed by atoms with Gasteiger partial charge >= 0.3 is 0 Å². The number of carbonyl (C=O) groups is 1. The second-order valence-electron chi connectivity index (χ2n) is 8.07. The Hall–Kier alpha value is -3.75. The van der Waals surface area contributed by atoms with Crippen molar-refractivity contribution in [1.82, 2.24) is 10.3 Å². The van der Waals surface area contributed by atoms with Crippen LogP contribution in [0.25, 0.3) is 5.57 Å². The van der Waals surface area contributed by atoms with Crippen LogP contribution in [0.5, 0.6) is 0 Å². The van der Waals surface area contributed by atoms with Crippen LogP contribution in [0.1, 0.15) is 27.2 Å². The summed E-state index contributed by atoms with van der Waals surface area (Å²) in [5.41, 5.74) is 2.24. The summed E-state index contributed by atoms with van der Waals surface area (Å²) in [5.74, 6) is -1.41. The van der Waals surface area contributed by atoms with Gasteiger partial charge in [0.25, 0.3) is 5.91 Å². The lowest BCUT2D eigenvalue weighted by atomic mass is 9.98. The highest BCUT2D eigenvalue weighted by Gasteiger charge is 2.28. The van der Waals surface area contributed by atoms with Crippen molar-refractivity contribution in [2.45, 2.75) is 18.6 Å². The molecule has 6 nitrogen and oxygen atoms in total. The molecule has 0 unspecified atom stereocenters. The fourth-order valence-corrected chi connectivity index (χ4v) is 4.03. The van der Waals surface area contributed by atoms with Crippen molar-refractivity contribution < 1.29 is 23.4 Å². The Morgan fingerprint density at radius 2 is 1.83 bits per heavy atom. The second kappa shape index (κ2) is 11.1. The monoisotopic (exact) mass is 477 g/mol. The summed E-state index contributed by atoms with van der Waals surface area (Å²) in [5, 5.41) is 12.7. The van der Waals surface area contributed by atoms with Gasteiger partial charge in [0.15, 0.2) is 5.83 Å². The Morgan fingerprint density at radius 3 is 2.51 bits per heavy atom. The minimum absolute atomic E-state index is 0.0711. The number of allylic oxidation sites excluding steroid dienone is 1. The van der Waals surface area contributed by atoms with Gasteiger partial charge in [0.05, 0.1) is 19.2 Å². The summed E-state index contributed by atoms with van der Waals surface area (Å²) in [6.07, 6.45) is 1.31. The number of rotatable bonds is 9. The number of carbonyl (C=O) groups excluding carboxylic acids is 1. The van der Waals surface area contributed by atoms with Crippen LogP contribution in [-0.4, -0.2) is 54.1 Å². The smallest absolute Gasteiger partial charge is 0.252 e. The highest BCUT2D eigenvalue weighted by atomic mass is 19.1. The molecule has 1 amide bonds. The molecule has 8 heteroatoms. The van der Waals surface area contributed by atoms with Crippen LogP contribution < -0.4 is 5.32 Å². The summed E-state index contributed by atoms with van der Waals surface area (Å²) in [7, 11) is 1.46. The first kappa shape index (κ1) is 24.4. The summed E-state index contributed by atoms with van der Waals surface area (Å²) in [4.78, 5) is 22.0. The summed E-state index contributed by atoms with van der Waals surface area (Å²) in [6.45, 7) is -0.220. The van der Waals surface area contributed by atoms with Crippen LogP contribution in [0, 0.1) is 5.82 Å². The van der Waals surface area contributed by atoms with Crippen molar-refractivity contribution >= 4 is 17.2 Å². The van der Waals surface area contributed by atoms with Gasteiger partial charge in [-0.15, -0.1) is 0 Å². The van der Waals surface area contributed by atoms with Gasteiger partial charge in [0, 0.05) is 42.1 Å². The fourth-order valence-electron chi connectivity index (χ4n) is 4.03. The molecule has 1 aromatic heterocycles. The molecule has 1 aliphatic heterocycles. The van der Waals surface area contributed by atoms with Crippen LogP contribution in [0.3, 0.4) is 0 Å². The maximum absolute atomic E-state index is 15.4. The quantitative estimate of drug-likeness (QED) is 0.492. The Balaban J connectivity index is 1.61. The number of hydrogen-bond donors (Lipinski definition) is 2. The number of nitrogens with zero attached hydrogens (tertiary/aromatic N) is 2. The van der Waals surface area contributed by atoms with E-state index in [1.54, 1.807) is 36.5 Å². The zero-order chi connectivity index (χ0) is 24.8. The first-order valence-corrected chi connectivity index (χ1v) is 11.1. The predicted molar refractivity (Wildman–Crippen MR) is 129 cm³/mol.